The fraction of sp³-hybridized carbons (Fsp3) is 0.0526. The number of halogens is 1. The van der Waals surface area contributed by atoms with Crippen LogP contribution in [0.15, 0.2) is 66.9 Å². The van der Waals surface area contributed by atoms with Crippen molar-refractivity contribution in [2.24, 2.45) is 0 Å². The average molecular weight is 400 g/mol. The number of carbonyl (C=O) groups excluding carboxylic acids is 2. The number of rotatable bonds is 6. The lowest BCUT2D eigenvalue weighted by molar-refractivity contribution is -0.384. The third-order valence-corrected chi connectivity index (χ3v) is 4.12. The summed E-state index contributed by atoms with van der Waals surface area (Å²) in [6.07, 6.45) is 0.313. The van der Waals surface area contributed by atoms with Crippen LogP contribution in [0.2, 0.25) is 5.02 Å². The molecule has 0 bridgehead atoms. The highest BCUT2D eigenvalue weighted by atomic mass is 35.5. The molecule has 0 aliphatic heterocycles. The summed E-state index contributed by atoms with van der Waals surface area (Å²) in [6, 6.07) is 15.3. The Morgan fingerprint density at radius 1 is 1.11 bits per heavy atom. The zero-order chi connectivity index (χ0) is 20.1. The summed E-state index contributed by atoms with van der Waals surface area (Å²) < 4.78 is 5.38. The van der Waals surface area contributed by atoms with E-state index in [9.17, 15) is 19.7 Å². The molecule has 142 valence electrons. The molecule has 28 heavy (non-hydrogen) atoms. The molecule has 9 heteroatoms. The number of non-ortho nitro benzene ring substituents is 1. The Labute approximate surface area is 164 Å². The topological polar surface area (TPSA) is 114 Å². The molecule has 0 aliphatic rings. The molecule has 3 rings (SSSR count). The maximum atomic E-state index is 12.8. The van der Waals surface area contributed by atoms with Crippen LogP contribution in [-0.2, 0) is 9.53 Å². The molecule has 2 aromatic carbocycles. The van der Waals surface area contributed by atoms with Crippen LogP contribution in [0.25, 0.3) is 0 Å². The van der Waals surface area contributed by atoms with Gasteiger partial charge in [-0.1, -0.05) is 41.9 Å². The van der Waals surface area contributed by atoms with Crippen molar-refractivity contribution in [2.45, 2.75) is 6.10 Å². The largest absolute Gasteiger partial charge is 0.443 e. The first-order valence-corrected chi connectivity index (χ1v) is 8.47. The number of ether oxygens (including phenoxy) is 1. The van der Waals surface area contributed by atoms with Gasteiger partial charge in [-0.05, 0) is 18.2 Å². The molecule has 0 saturated carbocycles. The number of H-pyrrole nitrogens is 1. The van der Waals surface area contributed by atoms with E-state index >= 15 is 0 Å². The molecule has 0 spiro atoms. The van der Waals surface area contributed by atoms with Crippen molar-refractivity contribution in [3.63, 3.8) is 0 Å². The van der Waals surface area contributed by atoms with Gasteiger partial charge in [-0.2, -0.15) is 0 Å². The summed E-state index contributed by atoms with van der Waals surface area (Å²) in [5.74, 6) is -1.36. The number of hydrogen-bond acceptors (Lipinski definition) is 5. The number of nitrogens with one attached hydrogen (secondary N) is 2. The fourth-order valence-corrected chi connectivity index (χ4v) is 2.67. The Kier molecular flexibility index (Phi) is 5.71. The Bertz CT molecular complexity index is 1010. The minimum absolute atomic E-state index is 0.00921. The molecule has 1 aromatic heterocycles. The van der Waals surface area contributed by atoms with Crippen molar-refractivity contribution in [3.8, 4) is 0 Å². The number of nitro benzene ring substituents is 1. The molecule has 0 aliphatic carbocycles. The van der Waals surface area contributed by atoms with Crippen LogP contribution in [0.5, 0.6) is 0 Å². The van der Waals surface area contributed by atoms with E-state index in [2.05, 4.69) is 10.3 Å². The molecule has 0 unspecified atom stereocenters. The van der Waals surface area contributed by atoms with E-state index < -0.39 is 22.9 Å². The smallest absolute Gasteiger partial charge is 0.355 e. The molecular weight excluding hydrogens is 386 g/mol. The first kappa shape index (κ1) is 19.1. The highest BCUT2D eigenvalue weighted by molar-refractivity contribution is 6.34. The second-order valence-electron chi connectivity index (χ2n) is 5.69. The maximum absolute atomic E-state index is 12.8. The van der Waals surface area contributed by atoms with Crippen molar-refractivity contribution >= 4 is 34.9 Å². The van der Waals surface area contributed by atoms with Gasteiger partial charge in [0.1, 0.15) is 5.69 Å². The van der Waals surface area contributed by atoms with E-state index in [-0.39, 0.29) is 22.1 Å². The van der Waals surface area contributed by atoms with Gasteiger partial charge in [-0.15, -0.1) is 0 Å². The second kappa shape index (κ2) is 8.36. The van der Waals surface area contributed by atoms with Gasteiger partial charge in [0.15, 0.2) is 0 Å². The molecule has 2 N–H and O–H groups in total. The fourth-order valence-electron chi connectivity index (χ4n) is 2.45. The summed E-state index contributed by atoms with van der Waals surface area (Å²) >= 11 is 6.02. The van der Waals surface area contributed by atoms with Crippen molar-refractivity contribution in [3.05, 3.63) is 93.3 Å². The van der Waals surface area contributed by atoms with E-state index in [1.807, 2.05) is 0 Å². The molecule has 1 amide bonds. The first-order chi connectivity index (χ1) is 13.5. The van der Waals surface area contributed by atoms with Crippen LogP contribution in [0.4, 0.5) is 11.4 Å². The predicted molar refractivity (Wildman–Crippen MR) is 102 cm³/mol. The van der Waals surface area contributed by atoms with Crippen LogP contribution in [0.1, 0.15) is 22.2 Å². The lowest BCUT2D eigenvalue weighted by Gasteiger charge is -2.18. The Hall–Kier alpha value is -3.65. The van der Waals surface area contributed by atoms with Crippen molar-refractivity contribution < 1.29 is 19.2 Å². The molecule has 0 radical (unpaired) electrons. The van der Waals surface area contributed by atoms with Gasteiger partial charge in [0.2, 0.25) is 6.10 Å². The number of nitrogens with zero attached hydrogens (tertiary/aromatic N) is 1. The average Bonchev–Trinajstić information content (AvgIpc) is 3.23. The van der Waals surface area contributed by atoms with Gasteiger partial charge >= 0.3 is 5.97 Å². The number of anilines is 1. The van der Waals surface area contributed by atoms with E-state index in [0.29, 0.717) is 5.56 Å². The summed E-state index contributed by atoms with van der Waals surface area (Å²) in [6.45, 7) is 0. The third-order valence-electron chi connectivity index (χ3n) is 3.80. The lowest BCUT2D eigenvalue weighted by Crippen LogP contribution is -2.26. The standard InChI is InChI=1S/C19H14ClN3O5/c20-14-11-13(23(26)27)8-9-15(14)22-18(24)17(12-5-2-1-3-6-12)28-19(25)16-7-4-10-21-16/h1-11,17,21H,(H,22,24)/t17-/m0/s1. The Morgan fingerprint density at radius 3 is 2.46 bits per heavy atom. The minimum atomic E-state index is -1.25. The number of amides is 1. The molecule has 1 heterocycles. The Balaban J connectivity index is 1.84. The number of hydrogen-bond donors (Lipinski definition) is 2. The van der Waals surface area contributed by atoms with Gasteiger partial charge in [0.25, 0.3) is 11.6 Å². The SMILES string of the molecule is O=C(O[C@H](C(=O)Nc1ccc([N+](=O)[O-])cc1Cl)c1ccccc1)c1ccc[nH]1. The van der Waals surface area contributed by atoms with Crippen molar-refractivity contribution in [1.29, 1.82) is 0 Å². The van der Waals surface area contributed by atoms with Crippen molar-refractivity contribution in [2.75, 3.05) is 5.32 Å². The minimum Gasteiger partial charge on any atom is -0.443 e. The predicted octanol–water partition coefficient (Wildman–Crippen LogP) is 4.11. The summed E-state index contributed by atoms with van der Waals surface area (Å²) in [7, 11) is 0. The van der Waals surface area contributed by atoms with Gasteiger partial charge in [0.05, 0.1) is 15.6 Å². The number of nitro groups is 1. The monoisotopic (exact) mass is 399 g/mol. The summed E-state index contributed by atoms with van der Waals surface area (Å²) in [4.78, 5) is 38.0. The molecule has 0 saturated heterocycles. The van der Waals surface area contributed by atoms with E-state index in [4.69, 9.17) is 16.3 Å². The number of aromatic nitrogens is 1. The molecule has 3 aromatic rings. The molecule has 0 fully saturated rings. The zero-order valence-corrected chi connectivity index (χ0v) is 15.1. The maximum Gasteiger partial charge on any atom is 0.355 e. The van der Waals surface area contributed by atoms with Crippen LogP contribution in [0, 0.1) is 10.1 Å². The number of benzene rings is 2. The summed E-state index contributed by atoms with van der Waals surface area (Å²) in [5, 5.41) is 13.3. The van der Waals surface area contributed by atoms with Crippen molar-refractivity contribution in [1.82, 2.24) is 4.98 Å². The van der Waals surface area contributed by atoms with E-state index in [1.54, 1.807) is 42.6 Å². The summed E-state index contributed by atoms with van der Waals surface area (Å²) in [5.41, 5.74) is 0.606. The van der Waals surface area contributed by atoms with Crippen LogP contribution in [0.3, 0.4) is 0 Å². The van der Waals surface area contributed by atoms with Crippen LogP contribution < -0.4 is 5.32 Å². The van der Waals surface area contributed by atoms with Gasteiger partial charge in [-0.3, -0.25) is 14.9 Å². The Morgan fingerprint density at radius 2 is 1.86 bits per heavy atom. The van der Waals surface area contributed by atoms with Gasteiger partial charge in [-0.25, -0.2) is 4.79 Å². The van der Waals surface area contributed by atoms with Gasteiger partial charge < -0.3 is 15.0 Å². The second-order valence-corrected chi connectivity index (χ2v) is 6.10. The van der Waals surface area contributed by atoms with Crippen LogP contribution in [-0.4, -0.2) is 21.8 Å². The van der Waals surface area contributed by atoms with Crippen LogP contribution >= 0.6 is 11.6 Å². The normalized spacial score (nSPS) is 11.5. The molecule has 8 nitrogen and oxygen atoms in total. The highest BCUT2D eigenvalue weighted by Crippen LogP contribution is 2.28. The number of carbonyl (C=O) groups is 2. The zero-order valence-electron chi connectivity index (χ0n) is 14.3. The third kappa shape index (κ3) is 4.36. The number of aromatic amines is 1. The van der Waals surface area contributed by atoms with Gasteiger partial charge in [0, 0.05) is 23.9 Å². The lowest BCUT2D eigenvalue weighted by atomic mass is 10.1. The van der Waals surface area contributed by atoms with E-state index in [1.165, 1.54) is 18.2 Å². The molecular formula is C19H14ClN3O5. The number of esters is 1. The first-order valence-electron chi connectivity index (χ1n) is 8.10. The van der Waals surface area contributed by atoms with E-state index in [0.717, 1.165) is 6.07 Å². The highest BCUT2D eigenvalue weighted by Gasteiger charge is 2.27. The quantitative estimate of drug-likeness (QED) is 0.367. The molecule has 1 atom stereocenters.